The first-order chi connectivity index (χ1) is 13.4. The summed E-state index contributed by atoms with van der Waals surface area (Å²) in [5.74, 6) is 1.57. The molecule has 146 valence electrons. The number of aromatic amines is 1. The van der Waals surface area contributed by atoms with Gasteiger partial charge in [0.1, 0.15) is 29.0 Å². The van der Waals surface area contributed by atoms with Crippen LogP contribution in [-0.4, -0.2) is 55.8 Å². The van der Waals surface area contributed by atoms with Crippen molar-refractivity contribution in [3.8, 4) is 17.0 Å². The number of aliphatic hydroxyl groups is 2. The van der Waals surface area contributed by atoms with E-state index in [2.05, 4.69) is 22.1 Å². The van der Waals surface area contributed by atoms with E-state index in [1.807, 2.05) is 42.2 Å². The van der Waals surface area contributed by atoms with Crippen molar-refractivity contribution >= 4 is 16.7 Å². The zero-order chi connectivity index (χ0) is 19.5. The van der Waals surface area contributed by atoms with Crippen LogP contribution < -0.4 is 9.64 Å². The zero-order valence-corrected chi connectivity index (χ0v) is 16.0. The Hall–Kier alpha value is -2.64. The van der Waals surface area contributed by atoms with E-state index in [9.17, 15) is 10.2 Å². The summed E-state index contributed by atoms with van der Waals surface area (Å²) in [5.41, 5.74) is 2.67. The van der Waals surface area contributed by atoms with Crippen LogP contribution in [0.3, 0.4) is 0 Å². The highest BCUT2D eigenvalue weighted by Crippen LogP contribution is 2.40. The molecule has 5 rings (SSSR count). The number of fused-ring (bicyclic) bond motifs is 1. The van der Waals surface area contributed by atoms with Gasteiger partial charge in [-0.1, -0.05) is 0 Å². The number of pyridine rings is 1. The van der Waals surface area contributed by atoms with Crippen molar-refractivity contribution in [3.63, 3.8) is 0 Å². The highest BCUT2D eigenvalue weighted by Gasteiger charge is 2.40. The molecule has 3 aromatic rings. The summed E-state index contributed by atoms with van der Waals surface area (Å²) in [5, 5.41) is 28.6. The van der Waals surface area contributed by atoms with Crippen LogP contribution in [0.1, 0.15) is 26.7 Å². The highest BCUT2D eigenvalue weighted by atomic mass is 16.5. The molecule has 7 heteroatoms. The van der Waals surface area contributed by atoms with Crippen molar-refractivity contribution in [2.24, 2.45) is 0 Å². The number of nitrogens with zero attached hydrogens (tertiary/aromatic N) is 3. The predicted molar refractivity (Wildman–Crippen MR) is 106 cm³/mol. The molecule has 3 heterocycles. The second-order valence-corrected chi connectivity index (χ2v) is 8.19. The fraction of sp³-hybridized carbons (Fsp3) is 0.429. The molecule has 2 fully saturated rings. The second kappa shape index (κ2) is 6.18. The summed E-state index contributed by atoms with van der Waals surface area (Å²) >= 11 is 0. The minimum absolute atomic E-state index is 0.0328. The third kappa shape index (κ3) is 2.91. The molecule has 7 nitrogen and oxygen atoms in total. The molecular formula is C21H24N4O3. The van der Waals surface area contributed by atoms with Crippen molar-refractivity contribution in [2.75, 3.05) is 11.4 Å². The number of nitrogens with one attached hydrogen (secondary N) is 1. The van der Waals surface area contributed by atoms with Gasteiger partial charge in [-0.05, 0) is 57.0 Å². The highest BCUT2D eigenvalue weighted by molar-refractivity contribution is 5.94. The Morgan fingerprint density at radius 1 is 1.21 bits per heavy atom. The molecule has 1 aliphatic carbocycles. The predicted octanol–water partition coefficient (Wildman–Crippen LogP) is 2.49. The number of benzene rings is 1. The minimum atomic E-state index is -0.778. The van der Waals surface area contributed by atoms with Gasteiger partial charge in [0, 0.05) is 23.7 Å². The van der Waals surface area contributed by atoms with Crippen LogP contribution >= 0.6 is 0 Å². The van der Waals surface area contributed by atoms with Gasteiger partial charge in [-0.25, -0.2) is 4.98 Å². The molecule has 3 unspecified atom stereocenters. The number of rotatable bonds is 4. The van der Waals surface area contributed by atoms with E-state index in [4.69, 9.17) is 4.74 Å². The summed E-state index contributed by atoms with van der Waals surface area (Å²) in [7, 11) is 0. The SMILES string of the molecule is CC1C(O)C(O)CN1c1cc(-c2n[nH]c3ccc(OC4(C)CC4)cc23)ccn1. The van der Waals surface area contributed by atoms with Gasteiger partial charge in [0.2, 0.25) is 0 Å². The minimum Gasteiger partial charge on any atom is -0.488 e. The lowest BCUT2D eigenvalue weighted by atomic mass is 10.1. The van der Waals surface area contributed by atoms with Crippen LogP contribution in [0.5, 0.6) is 5.75 Å². The maximum atomic E-state index is 10.1. The summed E-state index contributed by atoms with van der Waals surface area (Å²) in [6.07, 6.45) is 2.36. The molecule has 1 aromatic carbocycles. The quantitative estimate of drug-likeness (QED) is 0.644. The third-order valence-electron chi connectivity index (χ3n) is 5.93. The number of hydrogen-bond acceptors (Lipinski definition) is 6. The number of aromatic nitrogens is 3. The second-order valence-electron chi connectivity index (χ2n) is 8.19. The lowest BCUT2D eigenvalue weighted by molar-refractivity contribution is 0.0438. The van der Waals surface area contributed by atoms with Crippen molar-refractivity contribution in [1.82, 2.24) is 15.2 Å². The first kappa shape index (κ1) is 17.5. The number of anilines is 1. The Kier molecular flexibility index (Phi) is 3.86. The molecule has 2 aliphatic rings. The lowest BCUT2D eigenvalue weighted by Gasteiger charge is -2.23. The molecule has 3 N–H and O–H groups in total. The smallest absolute Gasteiger partial charge is 0.129 e. The number of H-pyrrole nitrogens is 1. The number of hydrogen-bond donors (Lipinski definition) is 3. The number of β-amino-alcohol motifs (C(OH)–C–C–N with tert-alkyl or cyclic N) is 1. The fourth-order valence-corrected chi connectivity index (χ4v) is 3.85. The van der Waals surface area contributed by atoms with Crippen LogP contribution in [0.2, 0.25) is 0 Å². The van der Waals surface area contributed by atoms with Gasteiger partial charge in [0.15, 0.2) is 0 Å². The number of aliphatic hydroxyl groups excluding tert-OH is 2. The molecule has 1 saturated carbocycles. The monoisotopic (exact) mass is 380 g/mol. The average molecular weight is 380 g/mol. The maximum Gasteiger partial charge on any atom is 0.129 e. The average Bonchev–Trinajstić information content (AvgIpc) is 3.17. The Bertz CT molecular complexity index is 1030. The Morgan fingerprint density at radius 2 is 2.04 bits per heavy atom. The molecule has 0 radical (unpaired) electrons. The normalized spacial score (nSPS) is 26.0. The standard InChI is InChI=1S/C21H24N4O3/c1-12-20(27)17(26)11-25(12)18-9-13(5-8-22-18)19-15-10-14(28-21(2)6-7-21)3-4-16(15)23-24-19/h3-5,8-10,12,17,20,26-27H,6-7,11H2,1-2H3,(H,23,24). The van der Waals surface area contributed by atoms with E-state index in [-0.39, 0.29) is 11.6 Å². The van der Waals surface area contributed by atoms with Gasteiger partial charge in [0.25, 0.3) is 0 Å². The largest absolute Gasteiger partial charge is 0.488 e. The molecule has 1 aliphatic heterocycles. The summed E-state index contributed by atoms with van der Waals surface area (Å²) < 4.78 is 6.11. The molecule has 0 amide bonds. The summed E-state index contributed by atoms with van der Waals surface area (Å²) in [6, 6.07) is 9.66. The first-order valence-electron chi connectivity index (χ1n) is 9.70. The van der Waals surface area contributed by atoms with Crippen LogP contribution in [0.25, 0.3) is 22.2 Å². The van der Waals surface area contributed by atoms with Gasteiger partial charge in [-0.2, -0.15) is 5.10 Å². The van der Waals surface area contributed by atoms with Crippen LogP contribution in [0, 0.1) is 0 Å². The Balaban J connectivity index is 1.51. The van der Waals surface area contributed by atoms with Crippen molar-refractivity contribution in [1.29, 1.82) is 0 Å². The van der Waals surface area contributed by atoms with E-state index in [1.54, 1.807) is 6.20 Å². The van der Waals surface area contributed by atoms with Gasteiger partial charge >= 0.3 is 0 Å². The van der Waals surface area contributed by atoms with E-state index < -0.39 is 12.2 Å². The van der Waals surface area contributed by atoms with Gasteiger partial charge in [-0.15, -0.1) is 0 Å². The zero-order valence-electron chi connectivity index (χ0n) is 16.0. The van der Waals surface area contributed by atoms with Gasteiger partial charge in [0.05, 0.1) is 17.7 Å². The fourth-order valence-electron chi connectivity index (χ4n) is 3.85. The van der Waals surface area contributed by atoms with Crippen molar-refractivity contribution < 1.29 is 14.9 Å². The third-order valence-corrected chi connectivity index (χ3v) is 5.93. The molecule has 2 aromatic heterocycles. The molecule has 0 bridgehead atoms. The number of ether oxygens (including phenoxy) is 1. The molecule has 0 spiro atoms. The molecule has 3 atom stereocenters. The van der Waals surface area contributed by atoms with Gasteiger partial charge in [-0.3, -0.25) is 5.10 Å². The molecule has 28 heavy (non-hydrogen) atoms. The summed E-state index contributed by atoms with van der Waals surface area (Å²) in [6.45, 7) is 4.38. The van der Waals surface area contributed by atoms with Crippen LogP contribution in [0.15, 0.2) is 36.5 Å². The Morgan fingerprint density at radius 3 is 2.75 bits per heavy atom. The molecule has 1 saturated heterocycles. The lowest BCUT2D eigenvalue weighted by Crippen LogP contribution is -2.33. The van der Waals surface area contributed by atoms with Crippen molar-refractivity contribution in [2.45, 2.75) is 50.5 Å². The van der Waals surface area contributed by atoms with Crippen LogP contribution in [0.4, 0.5) is 5.82 Å². The van der Waals surface area contributed by atoms with E-state index >= 15 is 0 Å². The van der Waals surface area contributed by atoms with Gasteiger partial charge < -0.3 is 19.8 Å². The van der Waals surface area contributed by atoms with Crippen LogP contribution in [-0.2, 0) is 0 Å². The topological polar surface area (TPSA) is 94.5 Å². The van der Waals surface area contributed by atoms with E-state index in [0.717, 1.165) is 46.6 Å². The van der Waals surface area contributed by atoms with E-state index in [0.29, 0.717) is 6.54 Å². The molecular weight excluding hydrogens is 356 g/mol. The maximum absolute atomic E-state index is 10.1. The summed E-state index contributed by atoms with van der Waals surface area (Å²) in [4.78, 5) is 6.37. The first-order valence-corrected chi connectivity index (χ1v) is 9.70. The van der Waals surface area contributed by atoms with Crippen molar-refractivity contribution in [3.05, 3.63) is 36.5 Å². The van der Waals surface area contributed by atoms with E-state index in [1.165, 1.54) is 0 Å². The Labute approximate surface area is 163 Å².